The van der Waals surface area contributed by atoms with E-state index in [0.717, 1.165) is 35.4 Å². The predicted octanol–water partition coefficient (Wildman–Crippen LogP) is 4.02. The number of anilines is 1. The molecule has 5 rings (SSSR count). The Balaban J connectivity index is 1.34. The number of amides is 1. The fraction of sp³-hybridized carbons (Fsp3) is 0.286. The molecule has 192 valence electrons. The van der Waals surface area contributed by atoms with Crippen molar-refractivity contribution in [1.82, 2.24) is 4.31 Å². The molecule has 0 unspecified atom stereocenters. The molecular weight excluding hydrogens is 495 g/mol. The van der Waals surface area contributed by atoms with Crippen molar-refractivity contribution in [3.05, 3.63) is 95.3 Å². The molecule has 9 heteroatoms. The van der Waals surface area contributed by atoms with Crippen molar-refractivity contribution >= 4 is 27.6 Å². The van der Waals surface area contributed by atoms with Crippen molar-refractivity contribution in [2.24, 2.45) is 0 Å². The summed E-state index contributed by atoms with van der Waals surface area (Å²) in [5.41, 5.74) is 3.54. The summed E-state index contributed by atoms with van der Waals surface area (Å²) in [7, 11) is -4.02. The van der Waals surface area contributed by atoms with Crippen LogP contribution in [-0.4, -0.2) is 43.8 Å². The molecule has 0 aliphatic carbocycles. The molecule has 37 heavy (non-hydrogen) atoms. The van der Waals surface area contributed by atoms with Gasteiger partial charge in [-0.1, -0.05) is 42.5 Å². The van der Waals surface area contributed by atoms with E-state index in [1.165, 1.54) is 16.4 Å². The number of hydrogen-bond donors (Lipinski definition) is 0. The molecule has 0 radical (unpaired) electrons. The molecule has 7 nitrogen and oxygen atoms in total. The number of halogens is 1. The van der Waals surface area contributed by atoms with Gasteiger partial charge in [-0.2, -0.15) is 4.31 Å². The van der Waals surface area contributed by atoms with E-state index in [1.54, 1.807) is 17.0 Å². The minimum absolute atomic E-state index is 0.0508. The molecule has 0 saturated heterocycles. The maximum Gasteiger partial charge on any atom is 0.308 e. The number of nitrogens with zero attached hydrogens (tertiary/aromatic N) is 2. The van der Waals surface area contributed by atoms with E-state index >= 15 is 0 Å². The SMILES string of the molecule is C[C@H]1Cc2ccccc2N1C(=O)COC(=O)C[C@H]1c2ccccc2CCN1S(=O)(=O)c1ccc(F)cc1. The van der Waals surface area contributed by atoms with Gasteiger partial charge in [0.25, 0.3) is 5.91 Å². The average Bonchev–Trinajstić information content (AvgIpc) is 3.23. The first-order valence-corrected chi connectivity index (χ1v) is 13.6. The van der Waals surface area contributed by atoms with Crippen molar-refractivity contribution in [3.63, 3.8) is 0 Å². The molecule has 2 atom stereocenters. The number of benzene rings is 3. The molecule has 0 N–H and O–H groups in total. The summed E-state index contributed by atoms with van der Waals surface area (Å²) >= 11 is 0. The molecule has 0 saturated carbocycles. The molecule has 2 aliphatic rings. The highest BCUT2D eigenvalue weighted by molar-refractivity contribution is 7.89. The highest BCUT2D eigenvalue weighted by atomic mass is 32.2. The molecule has 2 aliphatic heterocycles. The number of rotatable bonds is 6. The van der Waals surface area contributed by atoms with Crippen LogP contribution in [0.25, 0.3) is 0 Å². The molecule has 1 amide bonds. The summed E-state index contributed by atoms with van der Waals surface area (Å²) in [5, 5.41) is 0. The molecular formula is C28H27FN2O5S. The zero-order valence-electron chi connectivity index (χ0n) is 20.3. The van der Waals surface area contributed by atoms with Crippen LogP contribution in [0.2, 0.25) is 0 Å². The quantitative estimate of drug-likeness (QED) is 0.457. The number of sulfonamides is 1. The third kappa shape index (κ3) is 4.89. The first kappa shape index (κ1) is 25.1. The fourth-order valence-electron chi connectivity index (χ4n) is 5.24. The second-order valence-electron chi connectivity index (χ2n) is 9.34. The van der Waals surface area contributed by atoms with E-state index < -0.39 is 34.5 Å². The molecule has 0 spiro atoms. The van der Waals surface area contributed by atoms with Crippen molar-refractivity contribution < 1.29 is 27.1 Å². The Morgan fingerprint density at radius 2 is 1.65 bits per heavy atom. The Labute approximate surface area is 215 Å². The molecule has 0 fully saturated rings. The first-order valence-electron chi connectivity index (χ1n) is 12.2. The topological polar surface area (TPSA) is 84.0 Å². The number of hydrogen-bond acceptors (Lipinski definition) is 5. The smallest absolute Gasteiger partial charge is 0.308 e. The predicted molar refractivity (Wildman–Crippen MR) is 136 cm³/mol. The van der Waals surface area contributed by atoms with Gasteiger partial charge in [0.05, 0.1) is 17.4 Å². The van der Waals surface area contributed by atoms with Gasteiger partial charge in [-0.3, -0.25) is 9.59 Å². The standard InChI is InChI=1S/C28H27FN2O5S/c1-19-16-21-7-3-5-9-25(21)31(19)27(32)18-36-28(33)17-26-24-8-4-2-6-20(24)14-15-30(26)37(34,35)23-12-10-22(29)11-13-23/h2-13,19,26H,14-18H2,1H3/t19-,26-/m0/s1. The molecule has 0 aromatic heterocycles. The Bertz CT molecular complexity index is 1440. The highest BCUT2D eigenvalue weighted by Crippen LogP contribution is 2.37. The Morgan fingerprint density at radius 3 is 2.41 bits per heavy atom. The van der Waals surface area contributed by atoms with Crippen LogP contribution in [0, 0.1) is 5.82 Å². The number of ether oxygens (including phenoxy) is 1. The lowest BCUT2D eigenvalue weighted by Gasteiger charge is -2.36. The zero-order valence-corrected chi connectivity index (χ0v) is 21.2. The van der Waals surface area contributed by atoms with Crippen LogP contribution in [0.5, 0.6) is 0 Å². The summed E-state index contributed by atoms with van der Waals surface area (Å²) < 4.78 is 47.0. The highest BCUT2D eigenvalue weighted by Gasteiger charge is 2.38. The number of carbonyl (C=O) groups excluding carboxylic acids is 2. The van der Waals surface area contributed by atoms with E-state index in [4.69, 9.17) is 4.74 Å². The molecule has 2 heterocycles. The normalized spacial score (nSPS) is 19.2. The molecule has 3 aromatic rings. The van der Waals surface area contributed by atoms with Gasteiger partial charge in [0, 0.05) is 18.3 Å². The minimum Gasteiger partial charge on any atom is -0.455 e. The summed E-state index contributed by atoms with van der Waals surface area (Å²) in [5.74, 6) is -1.54. The van der Waals surface area contributed by atoms with Crippen LogP contribution in [0.15, 0.2) is 77.7 Å². The maximum absolute atomic E-state index is 13.5. The lowest BCUT2D eigenvalue weighted by atomic mass is 9.92. The lowest BCUT2D eigenvalue weighted by Crippen LogP contribution is -2.42. The van der Waals surface area contributed by atoms with Gasteiger partial charge in [-0.15, -0.1) is 0 Å². The Kier molecular flexibility index (Phi) is 6.83. The number of carbonyl (C=O) groups is 2. The number of para-hydroxylation sites is 1. The summed E-state index contributed by atoms with van der Waals surface area (Å²) in [4.78, 5) is 27.5. The summed E-state index contributed by atoms with van der Waals surface area (Å²) in [6.45, 7) is 1.67. The fourth-order valence-corrected chi connectivity index (χ4v) is 6.85. The summed E-state index contributed by atoms with van der Waals surface area (Å²) in [6.07, 6.45) is 0.953. The Hall–Kier alpha value is -3.56. The number of fused-ring (bicyclic) bond motifs is 2. The van der Waals surface area contributed by atoms with Gasteiger partial charge in [-0.05, 0) is 66.8 Å². The second kappa shape index (κ2) is 10.1. The molecule has 0 bridgehead atoms. The van der Waals surface area contributed by atoms with Crippen molar-refractivity contribution in [1.29, 1.82) is 0 Å². The summed E-state index contributed by atoms with van der Waals surface area (Å²) in [6, 6.07) is 18.8. The van der Waals surface area contributed by atoms with Crippen LogP contribution in [0.1, 0.15) is 36.1 Å². The van der Waals surface area contributed by atoms with Gasteiger partial charge >= 0.3 is 5.97 Å². The largest absolute Gasteiger partial charge is 0.455 e. The maximum atomic E-state index is 13.5. The van der Waals surface area contributed by atoms with E-state index in [2.05, 4.69) is 0 Å². The van der Waals surface area contributed by atoms with Gasteiger partial charge in [0.2, 0.25) is 10.0 Å². The monoisotopic (exact) mass is 522 g/mol. The van der Waals surface area contributed by atoms with Crippen LogP contribution in [0.3, 0.4) is 0 Å². The van der Waals surface area contributed by atoms with Gasteiger partial charge in [0.15, 0.2) is 6.61 Å². The van der Waals surface area contributed by atoms with Crippen molar-refractivity contribution in [2.75, 3.05) is 18.1 Å². The van der Waals surface area contributed by atoms with Gasteiger partial charge in [-0.25, -0.2) is 12.8 Å². The van der Waals surface area contributed by atoms with Gasteiger partial charge in [0.1, 0.15) is 5.82 Å². The van der Waals surface area contributed by atoms with Crippen LogP contribution >= 0.6 is 0 Å². The van der Waals surface area contributed by atoms with Crippen molar-refractivity contribution in [2.45, 2.75) is 43.2 Å². The zero-order chi connectivity index (χ0) is 26.2. The average molecular weight is 523 g/mol. The van der Waals surface area contributed by atoms with E-state index in [9.17, 15) is 22.4 Å². The van der Waals surface area contributed by atoms with E-state index in [0.29, 0.717) is 12.0 Å². The van der Waals surface area contributed by atoms with E-state index in [1.807, 2.05) is 43.3 Å². The second-order valence-corrected chi connectivity index (χ2v) is 11.2. The van der Waals surface area contributed by atoms with Crippen LogP contribution in [0.4, 0.5) is 10.1 Å². The third-order valence-electron chi connectivity index (χ3n) is 6.98. The number of esters is 1. The van der Waals surface area contributed by atoms with Gasteiger partial charge < -0.3 is 9.64 Å². The van der Waals surface area contributed by atoms with E-state index in [-0.39, 0.29) is 29.8 Å². The first-order chi connectivity index (χ1) is 17.8. The molecule has 3 aromatic carbocycles. The Morgan fingerprint density at radius 1 is 0.973 bits per heavy atom. The van der Waals surface area contributed by atoms with Crippen LogP contribution in [-0.2, 0) is 37.2 Å². The van der Waals surface area contributed by atoms with Crippen LogP contribution < -0.4 is 4.90 Å². The van der Waals surface area contributed by atoms with Crippen molar-refractivity contribution in [3.8, 4) is 0 Å². The lowest BCUT2D eigenvalue weighted by molar-refractivity contribution is -0.148. The third-order valence-corrected chi connectivity index (χ3v) is 8.90. The minimum atomic E-state index is -4.02.